The molecule has 2 amide bonds. The van der Waals surface area contributed by atoms with Gasteiger partial charge in [-0.25, -0.2) is 4.39 Å². The largest absolute Gasteiger partial charge is 0.352 e. The van der Waals surface area contributed by atoms with Gasteiger partial charge in [0.1, 0.15) is 12.4 Å². The molecule has 0 bridgehead atoms. The van der Waals surface area contributed by atoms with Crippen molar-refractivity contribution in [3.05, 3.63) is 112 Å². The fourth-order valence-electron chi connectivity index (χ4n) is 4.82. The molecule has 2 heterocycles. The summed E-state index contributed by atoms with van der Waals surface area (Å²) in [6, 6.07) is 23.5. The molecule has 41 heavy (non-hydrogen) atoms. The van der Waals surface area contributed by atoms with E-state index in [9.17, 15) is 14.0 Å². The van der Waals surface area contributed by atoms with Crippen LogP contribution in [0.25, 0.3) is 11.3 Å². The van der Waals surface area contributed by atoms with Gasteiger partial charge in [-0.05, 0) is 67.1 Å². The highest BCUT2D eigenvalue weighted by atomic mass is 35.5. The Hall–Kier alpha value is -4.01. The minimum Gasteiger partial charge on any atom is -0.352 e. The predicted molar refractivity (Wildman–Crippen MR) is 159 cm³/mol. The quantitative estimate of drug-likeness (QED) is 0.258. The molecule has 5 rings (SSSR count). The third-order valence-electron chi connectivity index (χ3n) is 7.22. The smallest absolute Gasteiger partial charge is 0.254 e. The molecule has 1 saturated heterocycles. The van der Waals surface area contributed by atoms with E-state index in [4.69, 9.17) is 23.2 Å². The average molecular weight is 593 g/mol. The van der Waals surface area contributed by atoms with Crippen LogP contribution < -0.4 is 4.90 Å². The molecule has 0 aliphatic carbocycles. The summed E-state index contributed by atoms with van der Waals surface area (Å²) in [7, 11) is 0. The van der Waals surface area contributed by atoms with Gasteiger partial charge in [0.2, 0.25) is 5.91 Å². The van der Waals surface area contributed by atoms with Crippen LogP contribution in [0.4, 0.5) is 10.2 Å². The zero-order valence-corrected chi connectivity index (χ0v) is 23.9. The van der Waals surface area contributed by atoms with Crippen LogP contribution in [-0.2, 0) is 4.79 Å². The lowest BCUT2D eigenvalue weighted by molar-refractivity contribution is -0.132. The molecule has 0 N–H and O–H groups in total. The summed E-state index contributed by atoms with van der Waals surface area (Å²) in [4.78, 5) is 32.3. The van der Waals surface area contributed by atoms with Crippen LogP contribution in [0.1, 0.15) is 28.9 Å². The summed E-state index contributed by atoms with van der Waals surface area (Å²) in [5.74, 6) is -0.200. The zero-order chi connectivity index (χ0) is 28.9. The highest BCUT2D eigenvalue weighted by molar-refractivity contribution is 6.36. The lowest BCUT2D eigenvalue weighted by Gasteiger charge is -2.37. The molecule has 0 unspecified atom stereocenters. The van der Waals surface area contributed by atoms with Crippen LogP contribution in [0.5, 0.6) is 0 Å². The summed E-state index contributed by atoms with van der Waals surface area (Å²) in [5.41, 5.74) is 2.62. The average Bonchev–Trinajstić information content (AvgIpc) is 3.00. The summed E-state index contributed by atoms with van der Waals surface area (Å²) < 4.78 is 13.5. The van der Waals surface area contributed by atoms with Gasteiger partial charge in [-0.3, -0.25) is 9.59 Å². The van der Waals surface area contributed by atoms with Crippen LogP contribution in [0.3, 0.4) is 0 Å². The molecule has 7 nitrogen and oxygen atoms in total. The minimum absolute atomic E-state index is 0.0946. The van der Waals surface area contributed by atoms with Crippen molar-refractivity contribution in [3.63, 3.8) is 0 Å². The van der Waals surface area contributed by atoms with Gasteiger partial charge in [0, 0.05) is 42.3 Å². The van der Waals surface area contributed by atoms with E-state index in [1.807, 2.05) is 55.5 Å². The second-order valence-electron chi connectivity index (χ2n) is 9.80. The molecular formula is C31H28Cl2FN5O2. The maximum Gasteiger partial charge on any atom is 0.254 e. The van der Waals surface area contributed by atoms with E-state index in [-0.39, 0.29) is 24.4 Å². The first-order chi connectivity index (χ1) is 19.8. The predicted octanol–water partition coefficient (Wildman–Crippen LogP) is 6.14. The van der Waals surface area contributed by atoms with Crippen molar-refractivity contribution in [2.45, 2.75) is 13.0 Å². The van der Waals surface area contributed by atoms with Crippen molar-refractivity contribution in [1.82, 2.24) is 20.0 Å². The van der Waals surface area contributed by atoms with E-state index in [1.165, 1.54) is 24.3 Å². The van der Waals surface area contributed by atoms with Gasteiger partial charge in [0.25, 0.3) is 5.91 Å². The van der Waals surface area contributed by atoms with Crippen LogP contribution in [-0.4, -0.2) is 64.5 Å². The first-order valence-corrected chi connectivity index (χ1v) is 14.0. The summed E-state index contributed by atoms with van der Waals surface area (Å²) in [6.45, 7) is 3.89. The molecule has 1 aromatic heterocycles. The maximum absolute atomic E-state index is 13.5. The summed E-state index contributed by atoms with van der Waals surface area (Å²) >= 11 is 12.3. The Morgan fingerprint density at radius 2 is 1.61 bits per heavy atom. The zero-order valence-electron chi connectivity index (χ0n) is 22.4. The summed E-state index contributed by atoms with van der Waals surface area (Å²) in [5, 5.41) is 9.77. The van der Waals surface area contributed by atoms with Gasteiger partial charge >= 0.3 is 0 Å². The third kappa shape index (κ3) is 6.66. The van der Waals surface area contributed by atoms with Crippen LogP contribution >= 0.6 is 23.2 Å². The first-order valence-electron chi connectivity index (χ1n) is 13.2. The monoisotopic (exact) mass is 591 g/mol. The Balaban J connectivity index is 1.25. The van der Waals surface area contributed by atoms with E-state index in [0.29, 0.717) is 53.3 Å². The number of halogens is 3. The maximum atomic E-state index is 13.5. The van der Waals surface area contributed by atoms with Crippen LogP contribution in [0.15, 0.2) is 84.9 Å². The van der Waals surface area contributed by atoms with E-state index in [2.05, 4.69) is 15.1 Å². The molecule has 4 aromatic rings. The van der Waals surface area contributed by atoms with Crippen molar-refractivity contribution in [3.8, 4) is 11.3 Å². The molecule has 1 aliphatic rings. The Morgan fingerprint density at radius 3 is 2.24 bits per heavy atom. The van der Waals surface area contributed by atoms with Crippen LogP contribution in [0, 0.1) is 5.82 Å². The number of hydrogen-bond donors (Lipinski definition) is 0. The van der Waals surface area contributed by atoms with Crippen molar-refractivity contribution in [1.29, 1.82) is 0 Å². The molecule has 10 heteroatoms. The number of piperazine rings is 1. The number of nitrogens with zero attached hydrogens (tertiary/aromatic N) is 5. The molecular weight excluding hydrogens is 564 g/mol. The number of rotatable bonds is 7. The molecule has 0 saturated carbocycles. The van der Waals surface area contributed by atoms with Gasteiger partial charge in [-0.2, -0.15) is 0 Å². The van der Waals surface area contributed by atoms with Gasteiger partial charge in [-0.15, -0.1) is 10.2 Å². The minimum atomic E-state index is -0.425. The van der Waals surface area contributed by atoms with Crippen LogP contribution in [0.2, 0.25) is 10.0 Å². The Kier molecular flexibility index (Phi) is 8.81. The van der Waals surface area contributed by atoms with Crippen molar-refractivity contribution < 1.29 is 14.0 Å². The lowest BCUT2D eigenvalue weighted by Crippen LogP contribution is -2.52. The number of hydrogen-bond acceptors (Lipinski definition) is 5. The Labute approximate surface area is 248 Å². The SMILES string of the molecule is C[C@@H](c1ccccc1)N(CC(=O)N1CCN(c2ccc(-c3ccc(Cl)cc3Cl)nn2)CC1)C(=O)c1ccc(F)cc1. The van der Waals surface area contributed by atoms with Gasteiger partial charge in [0.05, 0.1) is 16.8 Å². The summed E-state index contributed by atoms with van der Waals surface area (Å²) in [6.07, 6.45) is 0. The highest BCUT2D eigenvalue weighted by Gasteiger charge is 2.29. The molecule has 210 valence electrons. The van der Waals surface area contributed by atoms with Gasteiger partial charge in [-0.1, -0.05) is 53.5 Å². The number of amides is 2. The molecule has 1 atom stereocenters. The fourth-order valence-corrected chi connectivity index (χ4v) is 5.33. The number of carbonyl (C=O) groups excluding carboxylic acids is 2. The number of carbonyl (C=O) groups is 2. The molecule has 1 aliphatic heterocycles. The number of aromatic nitrogens is 2. The lowest BCUT2D eigenvalue weighted by atomic mass is 10.1. The van der Waals surface area contributed by atoms with Crippen molar-refractivity contribution in [2.24, 2.45) is 0 Å². The second kappa shape index (κ2) is 12.7. The Bertz CT molecular complexity index is 1510. The number of anilines is 1. The second-order valence-corrected chi connectivity index (χ2v) is 10.6. The van der Waals surface area contributed by atoms with E-state index >= 15 is 0 Å². The van der Waals surface area contributed by atoms with Crippen molar-refractivity contribution in [2.75, 3.05) is 37.6 Å². The topological polar surface area (TPSA) is 69.6 Å². The van der Waals surface area contributed by atoms with Gasteiger partial charge in [0.15, 0.2) is 5.82 Å². The van der Waals surface area contributed by atoms with E-state index in [0.717, 1.165) is 11.1 Å². The number of benzene rings is 3. The molecule has 3 aromatic carbocycles. The standard InChI is InChI=1S/C31H28Cl2FN5O2/c1-21(22-5-3-2-4-6-22)39(31(41)23-7-10-25(34)11-8-23)20-30(40)38-17-15-37(16-18-38)29-14-13-28(35-36-29)26-12-9-24(32)19-27(26)33/h2-14,19,21H,15-18,20H2,1H3/t21-/m0/s1. The van der Waals surface area contributed by atoms with E-state index in [1.54, 1.807) is 21.9 Å². The fraction of sp³-hybridized carbons (Fsp3) is 0.226. The van der Waals surface area contributed by atoms with Gasteiger partial charge < -0.3 is 14.7 Å². The first kappa shape index (κ1) is 28.5. The molecule has 0 spiro atoms. The Morgan fingerprint density at radius 1 is 0.902 bits per heavy atom. The van der Waals surface area contributed by atoms with E-state index < -0.39 is 5.82 Å². The molecule has 1 fully saturated rings. The third-order valence-corrected chi connectivity index (χ3v) is 7.77. The molecule has 0 radical (unpaired) electrons. The normalized spacial score (nSPS) is 14.0. The van der Waals surface area contributed by atoms with Crippen molar-refractivity contribution >= 4 is 40.8 Å². The highest BCUT2D eigenvalue weighted by Crippen LogP contribution is 2.29.